The molecule has 1 aliphatic carbocycles. The Morgan fingerprint density at radius 2 is 1.56 bits per heavy atom. The highest BCUT2D eigenvalue weighted by Crippen LogP contribution is 2.41. The summed E-state index contributed by atoms with van der Waals surface area (Å²) >= 11 is 0. The SMILES string of the molecule is COC(=O)[C@H](C)[C@H]1CCC[C@@H]1[C@@H](Cc1ccccc1)OCc1ccccc1. The van der Waals surface area contributed by atoms with Gasteiger partial charge in [0.1, 0.15) is 0 Å². The number of methoxy groups -OCH3 is 1. The minimum absolute atomic E-state index is 0.0823. The summed E-state index contributed by atoms with van der Waals surface area (Å²) in [5.41, 5.74) is 2.47. The molecule has 3 nitrogen and oxygen atoms in total. The molecule has 0 amide bonds. The van der Waals surface area contributed by atoms with Crippen LogP contribution in [0.2, 0.25) is 0 Å². The van der Waals surface area contributed by atoms with Crippen LogP contribution < -0.4 is 0 Å². The van der Waals surface area contributed by atoms with Crippen molar-refractivity contribution in [2.45, 2.75) is 45.3 Å². The van der Waals surface area contributed by atoms with Gasteiger partial charge >= 0.3 is 5.97 Å². The molecule has 0 N–H and O–H groups in total. The highest BCUT2D eigenvalue weighted by molar-refractivity contribution is 5.72. The van der Waals surface area contributed by atoms with Crippen molar-refractivity contribution in [2.24, 2.45) is 17.8 Å². The van der Waals surface area contributed by atoms with Crippen LogP contribution >= 0.6 is 0 Å². The van der Waals surface area contributed by atoms with E-state index < -0.39 is 0 Å². The Bertz CT molecular complexity index is 698. The first-order chi connectivity index (χ1) is 13.2. The lowest BCUT2D eigenvalue weighted by Gasteiger charge is -2.31. The van der Waals surface area contributed by atoms with Crippen molar-refractivity contribution in [2.75, 3.05) is 7.11 Å². The number of carbonyl (C=O) groups excluding carboxylic acids is 1. The van der Waals surface area contributed by atoms with Gasteiger partial charge in [0.2, 0.25) is 0 Å². The third kappa shape index (κ3) is 5.20. The molecule has 3 rings (SSSR count). The van der Waals surface area contributed by atoms with Crippen molar-refractivity contribution in [3.63, 3.8) is 0 Å². The van der Waals surface area contributed by atoms with E-state index in [1.165, 1.54) is 18.2 Å². The van der Waals surface area contributed by atoms with E-state index in [4.69, 9.17) is 9.47 Å². The zero-order chi connectivity index (χ0) is 19.1. The molecule has 0 spiro atoms. The summed E-state index contributed by atoms with van der Waals surface area (Å²) < 4.78 is 11.5. The summed E-state index contributed by atoms with van der Waals surface area (Å²) in [6.45, 7) is 2.61. The third-order valence-corrected chi connectivity index (χ3v) is 5.90. The van der Waals surface area contributed by atoms with Crippen molar-refractivity contribution in [3.8, 4) is 0 Å². The molecule has 0 bridgehead atoms. The van der Waals surface area contributed by atoms with Crippen molar-refractivity contribution >= 4 is 5.97 Å². The Kier molecular flexibility index (Phi) is 7.05. The molecular weight excluding hydrogens is 336 g/mol. The average molecular weight is 367 g/mol. The van der Waals surface area contributed by atoms with Crippen molar-refractivity contribution < 1.29 is 14.3 Å². The summed E-state index contributed by atoms with van der Waals surface area (Å²) in [6, 6.07) is 20.8. The molecule has 2 aromatic rings. The summed E-state index contributed by atoms with van der Waals surface area (Å²) in [6.07, 6.45) is 4.31. The zero-order valence-electron chi connectivity index (χ0n) is 16.3. The summed E-state index contributed by atoms with van der Waals surface area (Å²) in [5, 5.41) is 0. The molecule has 27 heavy (non-hydrogen) atoms. The molecule has 0 aliphatic heterocycles. The van der Waals surface area contributed by atoms with Gasteiger partial charge in [0.15, 0.2) is 0 Å². The highest BCUT2D eigenvalue weighted by Gasteiger charge is 2.40. The lowest BCUT2D eigenvalue weighted by Crippen LogP contribution is -2.34. The van der Waals surface area contributed by atoms with E-state index >= 15 is 0 Å². The molecule has 0 heterocycles. The maximum atomic E-state index is 12.1. The van der Waals surface area contributed by atoms with E-state index in [-0.39, 0.29) is 18.0 Å². The fourth-order valence-corrected chi connectivity index (χ4v) is 4.42. The van der Waals surface area contributed by atoms with Gasteiger partial charge in [-0.05, 0) is 42.2 Å². The van der Waals surface area contributed by atoms with Gasteiger partial charge in [0, 0.05) is 0 Å². The monoisotopic (exact) mass is 366 g/mol. The topological polar surface area (TPSA) is 35.5 Å². The lowest BCUT2D eigenvalue weighted by atomic mass is 9.80. The van der Waals surface area contributed by atoms with Crippen LogP contribution in [0.15, 0.2) is 60.7 Å². The quantitative estimate of drug-likeness (QED) is 0.614. The molecule has 1 aliphatic rings. The van der Waals surface area contributed by atoms with Crippen LogP contribution in [-0.4, -0.2) is 19.2 Å². The molecule has 0 unspecified atom stereocenters. The Morgan fingerprint density at radius 3 is 2.19 bits per heavy atom. The Labute approximate surface area is 162 Å². The van der Waals surface area contributed by atoms with Crippen LogP contribution in [0.25, 0.3) is 0 Å². The van der Waals surface area contributed by atoms with Crippen LogP contribution in [0.1, 0.15) is 37.3 Å². The van der Waals surface area contributed by atoms with E-state index in [1.807, 2.05) is 31.2 Å². The smallest absolute Gasteiger partial charge is 0.308 e. The van der Waals surface area contributed by atoms with Gasteiger partial charge in [0.25, 0.3) is 0 Å². The number of rotatable bonds is 8. The standard InChI is InChI=1S/C24H30O3/c1-18(24(25)26-2)21-14-9-15-22(21)23(16-19-10-5-3-6-11-19)27-17-20-12-7-4-8-13-20/h3-8,10-13,18,21-23H,9,14-17H2,1-2H3/t18-,21-,22+,23-/m1/s1. The molecule has 0 radical (unpaired) electrons. The maximum Gasteiger partial charge on any atom is 0.308 e. The van der Waals surface area contributed by atoms with Gasteiger partial charge in [-0.2, -0.15) is 0 Å². The van der Waals surface area contributed by atoms with Crippen LogP contribution in [0.4, 0.5) is 0 Å². The Balaban J connectivity index is 1.76. The summed E-state index contributed by atoms with van der Waals surface area (Å²) in [5.74, 6) is 0.513. The fourth-order valence-electron chi connectivity index (χ4n) is 4.42. The number of benzene rings is 2. The maximum absolute atomic E-state index is 12.1. The average Bonchev–Trinajstić information content (AvgIpc) is 3.21. The minimum Gasteiger partial charge on any atom is -0.469 e. The number of ether oxygens (including phenoxy) is 2. The molecule has 0 aromatic heterocycles. The van der Waals surface area contributed by atoms with Crippen LogP contribution in [-0.2, 0) is 27.3 Å². The van der Waals surface area contributed by atoms with Crippen molar-refractivity contribution in [1.29, 1.82) is 0 Å². The first-order valence-corrected chi connectivity index (χ1v) is 9.96. The van der Waals surface area contributed by atoms with Gasteiger partial charge in [-0.3, -0.25) is 4.79 Å². The van der Waals surface area contributed by atoms with Gasteiger partial charge in [-0.25, -0.2) is 0 Å². The number of carbonyl (C=O) groups is 1. The number of esters is 1. The van der Waals surface area contributed by atoms with E-state index in [9.17, 15) is 4.79 Å². The second-order valence-electron chi connectivity index (χ2n) is 7.60. The summed E-state index contributed by atoms with van der Waals surface area (Å²) in [7, 11) is 1.48. The molecule has 0 saturated heterocycles. The second kappa shape index (κ2) is 9.70. The lowest BCUT2D eigenvalue weighted by molar-refractivity contribution is -0.148. The predicted octanol–water partition coefficient (Wildman–Crippen LogP) is 5.04. The van der Waals surface area contributed by atoms with E-state index in [1.54, 1.807) is 0 Å². The van der Waals surface area contributed by atoms with Crippen LogP contribution in [0.3, 0.4) is 0 Å². The van der Waals surface area contributed by atoms with Gasteiger partial charge in [-0.15, -0.1) is 0 Å². The Hall–Kier alpha value is -2.13. The second-order valence-corrected chi connectivity index (χ2v) is 7.60. The number of hydrogen-bond donors (Lipinski definition) is 0. The molecule has 3 heteroatoms. The zero-order valence-corrected chi connectivity index (χ0v) is 16.3. The van der Waals surface area contributed by atoms with Gasteiger partial charge < -0.3 is 9.47 Å². The molecule has 144 valence electrons. The van der Waals surface area contributed by atoms with Crippen LogP contribution in [0, 0.1) is 17.8 Å². The molecule has 1 fully saturated rings. The largest absolute Gasteiger partial charge is 0.469 e. The predicted molar refractivity (Wildman–Crippen MR) is 107 cm³/mol. The number of hydrogen-bond acceptors (Lipinski definition) is 3. The van der Waals surface area contributed by atoms with E-state index in [2.05, 4.69) is 36.4 Å². The van der Waals surface area contributed by atoms with Crippen molar-refractivity contribution in [3.05, 3.63) is 71.8 Å². The first-order valence-electron chi connectivity index (χ1n) is 9.96. The Morgan fingerprint density at radius 1 is 0.963 bits per heavy atom. The minimum atomic E-state index is -0.103. The molecule has 4 atom stereocenters. The van der Waals surface area contributed by atoms with Gasteiger partial charge in [-0.1, -0.05) is 74.0 Å². The van der Waals surface area contributed by atoms with Gasteiger partial charge in [0.05, 0.1) is 25.7 Å². The highest BCUT2D eigenvalue weighted by atomic mass is 16.5. The summed E-state index contributed by atoms with van der Waals surface area (Å²) in [4.78, 5) is 12.1. The van der Waals surface area contributed by atoms with E-state index in [0.717, 1.165) is 25.7 Å². The van der Waals surface area contributed by atoms with E-state index in [0.29, 0.717) is 18.4 Å². The normalized spacial score (nSPS) is 21.6. The first kappa shape index (κ1) is 19.6. The van der Waals surface area contributed by atoms with Crippen molar-refractivity contribution in [1.82, 2.24) is 0 Å². The molecule has 1 saturated carbocycles. The third-order valence-electron chi connectivity index (χ3n) is 5.90. The molecular formula is C24H30O3. The van der Waals surface area contributed by atoms with Crippen LogP contribution in [0.5, 0.6) is 0 Å². The molecule has 2 aromatic carbocycles. The fraction of sp³-hybridized carbons (Fsp3) is 0.458.